The number of thioether (sulfide) groups is 1. The third-order valence-electron chi connectivity index (χ3n) is 4.49. The third-order valence-corrected chi connectivity index (χ3v) is 6.84. The number of benzene rings is 2. The van der Waals surface area contributed by atoms with Gasteiger partial charge in [-0.05, 0) is 30.3 Å². The summed E-state index contributed by atoms with van der Waals surface area (Å²) in [5, 5.41) is 9.64. The summed E-state index contributed by atoms with van der Waals surface area (Å²) in [6.45, 7) is 1.49. The molecule has 0 radical (unpaired) electrons. The van der Waals surface area contributed by atoms with E-state index < -0.39 is 16.0 Å². The van der Waals surface area contributed by atoms with E-state index in [2.05, 4.69) is 4.72 Å². The molecule has 1 aliphatic heterocycles. The van der Waals surface area contributed by atoms with Crippen LogP contribution >= 0.6 is 11.8 Å². The number of sulfonamides is 1. The van der Waals surface area contributed by atoms with Crippen molar-refractivity contribution in [2.45, 2.75) is 4.90 Å². The number of carboxylic acids is 1. The van der Waals surface area contributed by atoms with Crippen LogP contribution in [0.25, 0.3) is 0 Å². The molecule has 0 aromatic heterocycles. The van der Waals surface area contributed by atoms with Crippen molar-refractivity contribution in [3.63, 3.8) is 0 Å². The fraction of sp³-hybridized carbons (Fsp3) is 0.316. The molecular weight excluding hydrogens is 416 g/mol. The Balaban J connectivity index is 1.95. The van der Waals surface area contributed by atoms with Crippen molar-refractivity contribution in [2.24, 2.45) is 0 Å². The number of carbonyl (C=O) groups is 1. The van der Waals surface area contributed by atoms with Crippen LogP contribution in [0, 0.1) is 0 Å². The lowest BCUT2D eigenvalue weighted by Gasteiger charge is -2.29. The summed E-state index contributed by atoms with van der Waals surface area (Å²) in [5.74, 6) is 1.24. The summed E-state index contributed by atoms with van der Waals surface area (Å²) in [5.41, 5.74) is 0.789. The third kappa shape index (κ3) is 4.70. The lowest BCUT2D eigenvalue weighted by Crippen LogP contribution is -2.33. The lowest BCUT2D eigenvalue weighted by molar-refractivity contribution is 0.0697. The van der Waals surface area contributed by atoms with Crippen LogP contribution in [-0.4, -0.2) is 58.3 Å². The second-order valence-electron chi connectivity index (χ2n) is 6.26. The van der Waals surface area contributed by atoms with Gasteiger partial charge in [-0.3, -0.25) is 4.72 Å². The van der Waals surface area contributed by atoms with E-state index in [0.717, 1.165) is 24.6 Å². The number of carboxylic acid groups (broad SMARTS) is 1. The number of hydrogen-bond acceptors (Lipinski definition) is 7. The second kappa shape index (κ2) is 8.83. The zero-order valence-corrected chi connectivity index (χ0v) is 17.7. The topological polar surface area (TPSA) is 105 Å². The highest BCUT2D eigenvalue weighted by Gasteiger charge is 2.23. The van der Waals surface area contributed by atoms with E-state index in [1.165, 1.54) is 32.4 Å². The highest BCUT2D eigenvalue weighted by Crippen LogP contribution is 2.31. The maximum atomic E-state index is 12.9. The normalized spacial score (nSPS) is 14.3. The summed E-state index contributed by atoms with van der Waals surface area (Å²) in [7, 11) is -1.23. The van der Waals surface area contributed by atoms with Gasteiger partial charge in [-0.2, -0.15) is 11.8 Å². The molecule has 1 fully saturated rings. The summed E-state index contributed by atoms with van der Waals surface area (Å²) in [6.07, 6.45) is 0. The van der Waals surface area contributed by atoms with Crippen LogP contribution in [0.4, 0.5) is 11.4 Å². The summed E-state index contributed by atoms with van der Waals surface area (Å²) >= 11 is 1.82. The number of nitrogens with one attached hydrogen (secondary N) is 1. The van der Waals surface area contributed by atoms with E-state index in [0.29, 0.717) is 11.4 Å². The molecule has 8 nitrogen and oxygen atoms in total. The van der Waals surface area contributed by atoms with Gasteiger partial charge in [-0.15, -0.1) is 0 Å². The van der Waals surface area contributed by atoms with Crippen LogP contribution in [0.2, 0.25) is 0 Å². The van der Waals surface area contributed by atoms with Crippen LogP contribution in [0.5, 0.6) is 11.5 Å². The van der Waals surface area contributed by atoms with Gasteiger partial charge in [0.05, 0.1) is 25.5 Å². The molecule has 2 N–H and O–H groups in total. The number of rotatable bonds is 7. The Morgan fingerprint density at radius 3 is 2.45 bits per heavy atom. The molecule has 1 aliphatic rings. The molecule has 0 spiro atoms. The second-order valence-corrected chi connectivity index (χ2v) is 9.13. The fourth-order valence-electron chi connectivity index (χ4n) is 3.05. The number of nitrogens with zero attached hydrogens (tertiary/aromatic N) is 1. The Kier molecular flexibility index (Phi) is 6.43. The molecule has 2 aromatic rings. The van der Waals surface area contributed by atoms with Gasteiger partial charge in [-0.25, -0.2) is 13.2 Å². The minimum atomic E-state index is -4.03. The van der Waals surface area contributed by atoms with Gasteiger partial charge in [0.2, 0.25) is 0 Å². The average molecular weight is 439 g/mol. The molecule has 0 amide bonds. The minimum Gasteiger partial charge on any atom is -0.497 e. The Bertz CT molecular complexity index is 1000. The van der Waals surface area contributed by atoms with E-state index in [1.54, 1.807) is 18.2 Å². The van der Waals surface area contributed by atoms with Crippen molar-refractivity contribution < 1.29 is 27.8 Å². The molecular formula is C19H22N2O6S2. The molecule has 3 rings (SSSR count). The predicted octanol–water partition coefficient (Wildman–Crippen LogP) is 2.76. The number of ether oxygens (including phenoxy) is 2. The molecule has 0 saturated carbocycles. The fourth-order valence-corrected chi connectivity index (χ4v) is 5.19. The number of aromatic carboxylic acids is 1. The maximum Gasteiger partial charge on any atom is 0.337 e. The number of anilines is 2. The lowest BCUT2D eigenvalue weighted by atomic mass is 10.1. The highest BCUT2D eigenvalue weighted by atomic mass is 32.2. The minimum absolute atomic E-state index is 0.0507. The van der Waals surface area contributed by atoms with Crippen molar-refractivity contribution in [1.29, 1.82) is 0 Å². The van der Waals surface area contributed by atoms with E-state index in [4.69, 9.17) is 9.47 Å². The first-order valence-corrected chi connectivity index (χ1v) is 11.4. The van der Waals surface area contributed by atoms with Crippen LogP contribution in [0.1, 0.15) is 10.4 Å². The number of methoxy groups -OCH3 is 2. The standard InChI is InChI=1S/C19H22N2O6S2/c1-26-14-4-6-17(27-2)18(12-14)29(24,25)20-13-3-5-16(15(11-13)19(22)23)21-7-9-28-10-8-21/h3-6,11-12,20H,7-10H2,1-2H3,(H,22,23). The first kappa shape index (κ1) is 21.1. The molecule has 0 atom stereocenters. The summed E-state index contributed by atoms with van der Waals surface area (Å²) in [4.78, 5) is 13.7. The molecule has 10 heteroatoms. The van der Waals surface area contributed by atoms with Gasteiger partial charge in [-0.1, -0.05) is 0 Å². The Morgan fingerprint density at radius 2 is 1.83 bits per heavy atom. The van der Waals surface area contributed by atoms with Crippen molar-refractivity contribution in [2.75, 3.05) is 48.4 Å². The summed E-state index contributed by atoms with van der Waals surface area (Å²) < 4.78 is 38.5. The zero-order chi connectivity index (χ0) is 21.0. The molecule has 1 heterocycles. The van der Waals surface area contributed by atoms with Gasteiger partial charge in [0.25, 0.3) is 10.0 Å². The highest BCUT2D eigenvalue weighted by molar-refractivity contribution is 7.99. The van der Waals surface area contributed by atoms with Gasteiger partial charge < -0.3 is 19.5 Å². The molecule has 0 unspecified atom stereocenters. The van der Waals surface area contributed by atoms with Gasteiger partial charge in [0.15, 0.2) is 0 Å². The molecule has 2 aromatic carbocycles. The van der Waals surface area contributed by atoms with Gasteiger partial charge in [0, 0.05) is 36.3 Å². The summed E-state index contributed by atoms with van der Waals surface area (Å²) in [6, 6.07) is 8.97. The largest absolute Gasteiger partial charge is 0.497 e. The number of hydrogen-bond donors (Lipinski definition) is 2. The van der Waals surface area contributed by atoms with E-state index in [9.17, 15) is 18.3 Å². The Morgan fingerprint density at radius 1 is 1.10 bits per heavy atom. The van der Waals surface area contributed by atoms with E-state index >= 15 is 0 Å². The Labute approximate surface area is 173 Å². The van der Waals surface area contributed by atoms with Crippen LogP contribution in [0.15, 0.2) is 41.3 Å². The first-order valence-electron chi connectivity index (χ1n) is 8.80. The quantitative estimate of drug-likeness (QED) is 0.680. The predicted molar refractivity (Wildman–Crippen MR) is 113 cm³/mol. The average Bonchev–Trinajstić information content (AvgIpc) is 2.73. The molecule has 156 valence electrons. The van der Waals surface area contributed by atoms with Gasteiger partial charge in [0.1, 0.15) is 16.4 Å². The van der Waals surface area contributed by atoms with E-state index in [-0.39, 0.29) is 21.9 Å². The van der Waals surface area contributed by atoms with Crippen molar-refractivity contribution in [3.8, 4) is 11.5 Å². The van der Waals surface area contributed by atoms with Crippen molar-refractivity contribution >= 4 is 39.1 Å². The van der Waals surface area contributed by atoms with Crippen molar-refractivity contribution in [3.05, 3.63) is 42.0 Å². The van der Waals surface area contributed by atoms with E-state index in [1.807, 2.05) is 16.7 Å². The monoisotopic (exact) mass is 438 g/mol. The molecule has 0 aliphatic carbocycles. The van der Waals surface area contributed by atoms with Crippen molar-refractivity contribution in [1.82, 2.24) is 0 Å². The maximum absolute atomic E-state index is 12.9. The van der Waals surface area contributed by atoms with Crippen LogP contribution in [-0.2, 0) is 10.0 Å². The SMILES string of the molecule is COc1ccc(OC)c(S(=O)(=O)Nc2ccc(N3CCSCC3)c(C(=O)O)c2)c1. The Hall–Kier alpha value is -2.59. The van der Waals surface area contributed by atoms with Gasteiger partial charge >= 0.3 is 5.97 Å². The molecule has 1 saturated heterocycles. The first-order chi connectivity index (χ1) is 13.9. The van der Waals surface area contributed by atoms with Crippen LogP contribution in [0.3, 0.4) is 0 Å². The zero-order valence-electron chi connectivity index (χ0n) is 16.0. The van der Waals surface area contributed by atoms with Crippen LogP contribution < -0.4 is 19.1 Å². The molecule has 0 bridgehead atoms. The smallest absolute Gasteiger partial charge is 0.337 e. The molecule has 29 heavy (non-hydrogen) atoms.